The molecule has 0 aliphatic carbocycles. The van der Waals surface area contributed by atoms with E-state index in [1.54, 1.807) is 0 Å². The highest BCUT2D eigenvalue weighted by Crippen LogP contribution is 2.16. The standard InChI is InChI=1S/C15H24N2/c1-2-3-4-5-6-11-17-12-9-15-14(13-17)8-7-10-16-15/h7-8,10H,2-6,9,11-13H2,1H3. The zero-order valence-corrected chi connectivity index (χ0v) is 11.0. The smallest absolute Gasteiger partial charge is 0.0461 e. The summed E-state index contributed by atoms with van der Waals surface area (Å²) in [4.78, 5) is 7.03. The molecule has 0 radical (unpaired) electrons. The zero-order chi connectivity index (χ0) is 11.9. The average molecular weight is 232 g/mol. The van der Waals surface area contributed by atoms with Crippen LogP contribution in [0.1, 0.15) is 50.3 Å². The van der Waals surface area contributed by atoms with Gasteiger partial charge in [-0.3, -0.25) is 9.88 Å². The third-order valence-corrected chi connectivity index (χ3v) is 3.62. The molecule has 1 aromatic heterocycles. The molecule has 94 valence electrons. The van der Waals surface area contributed by atoms with Crippen molar-refractivity contribution in [3.05, 3.63) is 29.6 Å². The number of hydrogen-bond donors (Lipinski definition) is 0. The van der Waals surface area contributed by atoms with Gasteiger partial charge in [0.25, 0.3) is 0 Å². The van der Waals surface area contributed by atoms with Crippen LogP contribution in [0.15, 0.2) is 18.3 Å². The molecule has 0 aromatic carbocycles. The minimum Gasteiger partial charge on any atom is -0.299 e. The summed E-state index contributed by atoms with van der Waals surface area (Å²) in [7, 11) is 0. The summed E-state index contributed by atoms with van der Waals surface area (Å²) in [5.74, 6) is 0. The summed E-state index contributed by atoms with van der Waals surface area (Å²) in [6, 6.07) is 4.29. The first-order valence-corrected chi connectivity index (χ1v) is 7.05. The van der Waals surface area contributed by atoms with Crippen molar-refractivity contribution in [3.63, 3.8) is 0 Å². The van der Waals surface area contributed by atoms with Gasteiger partial charge in [0, 0.05) is 31.4 Å². The molecule has 0 saturated carbocycles. The minimum atomic E-state index is 1.11. The highest BCUT2D eigenvalue weighted by atomic mass is 15.1. The van der Waals surface area contributed by atoms with Gasteiger partial charge in [0.05, 0.1) is 0 Å². The van der Waals surface area contributed by atoms with Crippen molar-refractivity contribution >= 4 is 0 Å². The van der Waals surface area contributed by atoms with Crippen molar-refractivity contribution in [2.75, 3.05) is 13.1 Å². The first-order chi connectivity index (χ1) is 8.40. The SMILES string of the molecule is CCCCCCCN1CCc2ncccc2C1. The van der Waals surface area contributed by atoms with Gasteiger partial charge in [-0.2, -0.15) is 0 Å². The van der Waals surface area contributed by atoms with E-state index in [1.807, 2.05) is 6.20 Å². The number of hydrogen-bond acceptors (Lipinski definition) is 2. The molecule has 0 bridgehead atoms. The van der Waals surface area contributed by atoms with E-state index in [1.165, 1.54) is 56.5 Å². The van der Waals surface area contributed by atoms with E-state index >= 15 is 0 Å². The van der Waals surface area contributed by atoms with Crippen LogP contribution in [0.4, 0.5) is 0 Å². The maximum absolute atomic E-state index is 4.45. The summed E-state index contributed by atoms with van der Waals surface area (Å²) >= 11 is 0. The molecule has 0 fully saturated rings. The monoisotopic (exact) mass is 232 g/mol. The van der Waals surface area contributed by atoms with Gasteiger partial charge in [-0.1, -0.05) is 38.7 Å². The van der Waals surface area contributed by atoms with Gasteiger partial charge in [-0.25, -0.2) is 0 Å². The predicted octanol–water partition coefficient (Wildman–Crippen LogP) is 3.41. The molecular formula is C15H24N2. The molecule has 0 N–H and O–H groups in total. The summed E-state index contributed by atoms with van der Waals surface area (Å²) in [5.41, 5.74) is 2.75. The topological polar surface area (TPSA) is 16.1 Å². The van der Waals surface area contributed by atoms with Crippen LogP contribution < -0.4 is 0 Å². The van der Waals surface area contributed by atoms with Gasteiger partial charge in [-0.05, 0) is 24.6 Å². The molecule has 1 aliphatic rings. The first-order valence-electron chi connectivity index (χ1n) is 7.05. The Morgan fingerprint density at radius 1 is 1.24 bits per heavy atom. The Hall–Kier alpha value is -0.890. The van der Waals surface area contributed by atoms with Crippen molar-refractivity contribution in [1.29, 1.82) is 0 Å². The van der Waals surface area contributed by atoms with E-state index in [2.05, 4.69) is 28.9 Å². The molecule has 2 heteroatoms. The quantitative estimate of drug-likeness (QED) is 0.699. The molecule has 2 rings (SSSR count). The summed E-state index contributed by atoms with van der Waals surface area (Å²) in [6.07, 6.45) is 9.93. The fraction of sp³-hybridized carbons (Fsp3) is 0.667. The molecule has 1 aliphatic heterocycles. The van der Waals surface area contributed by atoms with Crippen LogP contribution in [0.3, 0.4) is 0 Å². The van der Waals surface area contributed by atoms with Gasteiger partial charge in [0.1, 0.15) is 0 Å². The van der Waals surface area contributed by atoms with Crippen LogP contribution in [0.25, 0.3) is 0 Å². The number of fused-ring (bicyclic) bond motifs is 1. The van der Waals surface area contributed by atoms with Crippen molar-refractivity contribution < 1.29 is 0 Å². The van der Waals surface area contributed by atoms with Crippen molar-refractivity contribution in [3.8, 4) is 0 Å². The molecule has 0 unspecified atom stereocenters. The highest BCUT2D eigenvalue weighted by molar-refractivity contribution is 5.22. The lowest BCUT2D eigenvalue weighted by atomic mass is 10.1. The maximum atomic E-state index is 4.45. The normalized spacial score (nSPS) is 15.8. The highest BCUT2D eigenvalue weighted by Gasteiger charge is 2.15. The second kappa shape index (κ2) is 6.75. The third-order valence-electron chi connectivity index (χ3n) is 3.62. The van der Waals surface area contributed by atoms with Crippen molar-refractivity contribution in [1.82, 2.24) is 9.88 Å². The molecule has 2 nitrogen and oxygen atoms in total. The number of rotatable bonds is 6. The van der Waals surface area contributed by atoms with Crippen molar-refractivity contribution in [2.45, 2.75) is 52.0 Å². The summed E-state index contributed by atoms with van der Waals surface area (Å²) < 4.78 is 0. The van der Waals surface area contributed by atoms with Crippen LogP contribution in [0, 0.1) is 0 Å². The Morgan fingerprint density at radius 3 is 3.00 bits per heavy atom. The predicted molar refractivity (Wildman–Crippen MR) is 72.0 cm³/mol. The van der Waals surface area contributed by atoms with E-state index in [0.29, 0.717) is 0 Å². The number of aromatic nitrogens is 1. The molecule has 0 atom stereocenters. The largest absolute Gasteiger partial charge is 0.299 e. The van der Waals surface area contributed by atoms with Gasteiger partial charge < -0.3 is 0 Å². The Labute approximate surface area is 105 Å². The fourth-order valence-corrected chi connectivity index (χ4v) is 2.55. The second-order valence-corrected chi connectivity index (χ2v) is 5.05. The van der Waals surface area contributed by atoms with Crippen LogP contribution in [0.5, 0.6) is 0 Å². The van der Waals surface area contributed by atoms with E-state index < -0.39 is 0 Å². The molecule has 0 saturated heterocycles. The Bertz CT molecular complexity index is 335. The van der Waals surface area contributed by atoms with E-state index in [0.717, 1.165) is 13.0 Å². The molecule has 0 amide bonds. The zero-order valence-electron chi connectivity index (χ0n) is 11.0. The molecule has 1 aromatic rings. The molecule has 17 heavy (non-hydrogen) atoms. The Kier molecular flexibility index (Phi) is 4.99. The first kappa shape index (κ1) is 12.6. The van der Waals surface area contributed by atoms with Gasteiger partial charge in [0.2, 0.25) is 0 Å². The van der Waals surface area contributed by atoms with E-state index in [9.17, 15) is 0 Å². The lowest BCUT2D eigenvalue weighted by molar-refractivity contribution is 0.246. The van der Waals surface area contributed by atoms with Gasteiger partial charge in [-0.15, -0.1) is 0 Å². The fourth-order valence-electron chi connectivity index (χ4n) is 2.55. The van der Waals surface area contributed by atoms with Crippen LogP contribution in [-0.4, -0.2) is 23.0 Å². The summed E-state index contributed by atoms with van der Waals surface area (Å²) in [6.45, 7) is 5.83. The van der Waals surface area contributed by atoms with E-state index in [-0.39, 0.29) is 0 Å². The summed E-state index contributed by atoms with van der Waals surface area (Å²) in [5, 5.41) is 0. The van der Waals surface area contributed by atoms with E-state index in [4.69, 9.17) is 0 Å². The molecule has 2 heterocycles. The lowest BCUT2D eigenvalue weighted by Gasteiger charge is -2.27. The van der Waals surface area contributed by atoms with Crippen molar-refractivity contribution in [2.24, 2.45) is 0 Å². The van der Waals surface area contributed by atoms with Crippen LogP contribution in [0.2, 0.25) is 0 Å². The Balaban J connectivity index is 1.71. The Morgan fingerprint density at radius 2 is 2.12 bits per heavy atom. The van der Waals surface area contributed by atoms with Crippen LogP contribution in [-0.2, 0) is 13.0 Å². The minimum absolute atomic E-state index is 1.11. The molecular weight excluding hydrogens is 208 g/mol. The van der Waals surface area contributed by atoms with Crippen LogP contribution >= 0.6 is 0 Å². The molecule has 0 spiro atoms. The maximum Gasteiger partial charge on any atom is 0.0461 e. The number of unbranched alkanes of at least 4 members (excludes halogenated alkanes) is 4. The lowest BCUT2D eigenvalue weighted by Crippen LogP contribution is -2.31. The second-order valence-electron chi connectivity index (χ2n) is 5.05. The number of pyridine rings is 1. The number of nitrogens with zero attached hydrogens (tertiary/aromatic N) is 2. The third kappa shape index (κ3) is 3.81. The van der Waals surface area contributed by atoms with Gasteiger partial charge in [0.15, 0.2) is 0 Å². The average Bonchev–Trinajstić information content (AvgIpc) is 2.38. The van der Waals surface area contributed by atoms with Gasteiger partial charge >= 0.3 is 0 Å².